The molecule has 0 spiro atoms. The van der Waals surface area contributed by atoms with Gasteiger partial charge in [-0.2, -0.15) is 0 Å². The predicted octanol–water partition coefficient (Wildman–Crippen LogP) is 4.62. The average Bonchev–Trinajstić information content (AvgIpc) is 2.92. The SMILES string of the molecule is Fc1cccc(Cl)c1CCNC(=S)Nc1nc2ccccc2s1. The first-order chi connectivity index (χ1) is 11.1. The van der Waals surface area contributed by atoms with E-state index >= 15 is 0 Å². The molecule has 3 rings (SSSR count). The van der Waals surface area contributed by atoms with E-state index in [0.29, 0.717) is 28.7 Å². The monoisotopic (exact) mass is 365 g/mol. The van der Waals surface area contributed by atoms with Crippen LogP contribution in [0.25, 0.3) is 10.2 Å². The summed E-state index contributed by atoms with van der Waals surface area (Å²) in [6.45, 7) is 0.484. The fourth-order valence-corrected chi connectivity index (χ4v) is 3.53. The summed E-state index contributed by atoms with van der Waals surface area (Å²) in [5.41, 5.74) is 1.42. The molecule has 0 unspecified atom stereocenters. The van der Waals surface area contributed by atoms with Gasteiger partial charge in [-0.3, -0.25) is 0 Å². The number of fused-ring (bicyclic) bond motifs is 1. The minimum absolute atomic E-state index is 0.302. The van der Waals surface area contributed by atoms with E-state index in [4.69, 9.17) is 23.8 Å². The maximum Gasteiger partial charge on any atom is 0.190 e. The molecule has 118 valence electrons. The number of anilines is 1. The fourth-order valence-electron chi connectivity index (χ4n) is 2.14. The van der Waals surface area contributed by atoms with E-state index in [-0.39, 0.29) is 5.82 Å². The van der Waals surface area contributed by atoms with Gasteiger partial charge >= 0.3 is 0 Å². The molecule has 1 aromatic heterocycles. The van der Waals surface area contributed by atoms with Gasteiger partial charge in [0.05, 0.1) is 10.2 Å². The Labute approximate surface area is 147 Å². The second-order valence-electron chi connectivity index (χ2n) is 4.82. The van der Waals surface area contributed by atoms with Crippen molar-refractivity contribution >= 4 is 55.6 Å². The third kappa shape index (κ3) is 3.96. The van der Waals surface area contributed by atoms with Gasteiger partial charge in [-0.1, -0.05) is 41.1 Å². The molecular weight excluding hydrogens is 353 g/mol. The van der Waals surface area contributed by atoms with Crippen molar-refractivity contribution in [2.75, 3.05) is 11.9 Å². The highest BCUT2D eigenvalue weighted by molar-refractivity contribution is 7.80. The number of benzene rings is 2. The molecule has 0 amide bonds. The van der Waals surface area contributed by atoms with Gasteiger partial charge in [0.25, 0.3) is 0 Å². The van der Waals surface area contributed by atoms with Gasteiger partial charge in [-0.25, -0.2) is 9.37 Å². The number of aromatic nitrogens is 1. The lowest BCUT2D eigenvalue weighted by Gasteiger charge is -2.09. The van der Waals surface area contributed by atoms with E-state index in [1.54, 1.807) is 12.1 Å². The summed E-state index contributed by atoms with van der Waals surface area (Å²) in [5, 5.41) is 7.70. The van der Waals surface area contributed by atoms with Crippen LogP contribution in [0.3, 0.4) is 0 Å². The third-order valence-electron chi connectivity index (χ3n) is 3.24. The Kier molecular flexibility index (Phi) is 5.05. The number of halogens is 2. The zero-order valence-electron chi connectivity index (χ0n) is 12.0. The minimum atomic E-state index is -0.302. The highest BCUT2D eigenvalue weighted by Crippen LogP contribution is 2.25. The van der Waals surface area contributed by atoms with E-state index in [9.17, 15) is 4.39 Å². The molecule has 3 aromatic rings. The first kappa shape index (κ1) is 16.1. The molecule has 2 aromatic carbocycles. The molecule has 23 heavy (non-hydrogen) atoms. The summed E-state index contributed by atoms with van der Waals surface area (Å²) < 4.78 is 14.8. The van der Waals surface area contributed by atoms with Crippen molar-refractivity contribution in [3.8, 4) is 0 Å². The Morgan fingerprint density at radius 3 is 2.83 bits per heavy atom. The van der Waals surface area contributed by atoms with Crippen LogP contribution in [0, 0.1) is 5.82 Å². The van der Waals surface area contributed by atoms with Crippen LogP contribution < -0.4 is 10.6 Å². The van der Waals surface area contributed by atoms with Gasteiger partial charge in [0, 0.05) is 17.1 Å². The molecule has 0 radical (unpaired) electrons. The molecule has 3 nitrogen and oxygen atoms in total. The molecule has 0 aliphatic heterocycles. The number of hydrogen-bond donors (Lipinski definition) is 2. The van der Waals surface area contributed by atoms with Crippen molar-refractivity contribution in [2.45, 2.75) is 6.42 Å². The van der Waals surface area contributed by atoms with Crippen LogP contribution in [-0.2, 0) is 6.42 Å². The van der Waals surface area contributed by atoms with Crippen LogP contribution in [0.15, 0.2) is 42.5 Å². The second kappa shape index (κ2) is 7.21. The molecule has 0 fully saturated rings. The number of nitrogens with zero attached hydrogens (tertiary/aromatic N) is 1. The number of para-hydroxylation sites is 1. The maximum absolute atomic E-state index is 13.7. The fraction of sp³-hybridized carbons (Fsp3) is 0.125. The normalized spacial score (nSPS) is 10.7. The number of thiazole rings is 1. The predicted molar refractivity (Wildman–Crippen MR) is 99.0 cm³/mol. The molecule has 0 bridgehead atoms. The summed E-state index contributed by atoms with van der Waals surface area (Å²) in [4.78, 5) is 4.45. The summed E-state index contributed by atoms with van der Waals surface area (Å²) in [6.07, 6.45) is 0.452. The van der Waals surface area contributed by atoms with Gasteiger partial charge in [-0.05, 0) is 42.9 Å². The Bertz CT molecular complexity index is 797. The Morgan fingerprint density at radius 2 is 2.04 bits per heavy atom. The van der Waals surface area contributed by atoms with E-state index in [1.165, 1.54) is 17.4 Å². The molecule has 0 saturated carbocycles. The first-order valence-electron chi connectivity index (χ1n) is 6.97. The van der Waals surface area contributed by atoms with E-state index in [1.807, 2.05) is 24.3 Å². The summed E-state index contributed by atoms with van der Waals surface area (Å²) in [5.74, 6) is -0.302. The lowest BCUT2D eigenvalue weighted by atomic mass is 10.1. The number of nitrogens with one attached hydrogen (secondary N) is 2. The number of thiocarbonyl (C=S) groups is 1. The average molecular weight is 366 g/mol. The quantitative estimate of drug-likeness (QED) is 0.661. The second-order valence-corrected chi connectivity index (χ2v) is 6.66. The van der Waals surface area contributed by atoms with E-state index in [0.717, 1.165) is 15.3 Å². The molecule has 7 heteroatoms. The highest BCUT2D eigenvalue weighted by atomic mass is 35.5. The van der Waals surface area contributed by atoms with Gasteiger partial charge in [0.1, 0.15) is 5.82 Å². The standard InChI is InChI=1S/C16H13ClFN3S2/c17-11-4-3-5-12(18)10(11)8-9-19-15(22)21-16-20-13-6-1-2-7-14(13)23-16/h1-7H,8-9H2,(H2,19,20,21,22). The van der Waals surface area contributed by atoms with Crippen molar-refractivity contribution in [3.05, 3.63) is 58.9 Å². The van der Waals surface area contributed by atoms with Crippen molar-refractivity contribution < 1.29 is 4.39 Å². The largest absolute Gasteiger partial charge is 0.362 e. The molecule has 1 heterocycles. The van der Waals surface area contributed by atoms with Crippen molar-refractivity contribution in [3.63, 3.8) is 0 Å². The smallest absolute Gasteiger partial charge is 0.190 e. The topological polar surface area (TPSA) is 37.0 Å². The number of rotatable bonds is 4. The lowest BCUT2D eigenvalue weighted by Crippen LogP contribution is -2.30. The van der Waals surface area contributed by atoms with Gasteiger partial charge in [-0.15, -0.1) is 0 Å². The lowest BCUT2D eigenvalue weighted by molar-refractivity contribution is 0.607. The molecule has 0 aliphatic carbocycles. The van der Waals surface area contributed by atoms with Gasteiger partial charge < -0.3 is 10.6 Å². The third-order valence-corrected chi connectivity index (χ3v) is 4.79. The molecular formula is C16H13ClFN3S2. The zero-order chi connectivity index (χ0) is 16.2. The zero-order valence-corrected chi connectivity index (χ0v) is 14.4. The van der Waals surface area contributed by atoms with E-state index in [2.05, 4.69) is 15.6 Å². The van der Waals surface area contributed by atoms with Crippen molar-refractivity contribution in [1.29, 1.82) is 0 Å². The maximum atomic E-state index is 13.7. The molecule has 0 aliphatic rings. The highest BCUT2D eigenvalue weighted by Gasteiger charge is 2.08. The molecule has 0 saturated heterocycles. The van der Waals surface area contributed by atoms with Crippen molar-refractivity contribution in [1.82, 2.24) is 10.3 Å². The van der Waals surface area contributed by atoms with Crippen LogP contribution in [0.2, 0.25) is 5.02 Å². The van der Waals surface area contributed by atoms with Gasteiger partial charge in [0.2, 0.25) is 0 Å². The first-order valence-corrected chi connectivity index (χ1v) is 8.57. The Balaban J connectivity index is 1.55. The van der Waals surface area contributed by atoms with Crippen LogP contribution in [-0.4, -0.2) is 16.6 Å². The molecule has 0 atom stereocenters. The molecule has 2 N–H and O–H groups in total. The van der Waals surface area contributed by atoms with Crippen LogP contribution in [0.5, 0.6) is 0 Å². The summed E-state index contributed by atoms with van der Waals surface area (Å²) in [7, 11) is 0. The minimum Gasteiger partial charge on any atom is -0.362 e. The Hall–Kier alpha value is -1.76. The van der Waals surface area contributed by atoms with Crippen molar-refractivity contribution in [2.24, 2.45) is 0 Å². The van der Waals surface area contributed by atoms with E-state index < -0.39 is 0 Å². The summed E-state index contributed by atoms with van der Waals surface area (Å²) >= 11 is 12.8. The summed E-state index contributed by atoms with van der Waals surface area (Å²) in [6, 6.07) is 12.5. The Morgan fingerprint density at radius 1 is 1.22 bits per heavy atom. The van der Waals surface area contributed by atoms with Gasteiger partial charge in [0.15, 0.2) is 10.2 Å². The van der Waals surface area contributed by atoms with Crippen LogP contribution >= 0.6 is 35.2 Å². The van der Waals surface area contributed by atoms with Crippen LogP contribution in [0.1, 0.15) is 5.56 Å². The van der Waals surface area contributed by atoms with Crippen LogP contribution in [0.4, 0.5) is 9.52 Å². The number of hydrogen-bond acceptors (Lipinski definition) is 3.